The minimum absolute atomic E-state index is 0.141. The molecule has 6 nitrogen and oxygen atoms in total. The fourth-order valence-electron chi connectivity index (χ4n) is 3.29. The van der Waals surface area contributed by atoms with Gasteiger partial charge in [0.1, 0.15) is 12.0 Å². The number of benzene rings is 1. The maximum absolute atomic E-state index is 9.93. The molecule has 1 saturated heterocycles. The Balaban J connectivity index is 1.61. The van der Waals surface area contributed by atoms with Gasteiger partial charge in [0.15, 0.2) is 5.82 Å². The highest BCUT2D eigenvalue weighted by atomic mass is 16.5. The molecule has 3 aromatic rings. The third kappa shape index (κ3) is 3.23. The summed E-state index contributed by atoms with van der Waals surface area (Å²) in [5.41, 5.74) is 1.46. The molecule has 0 amide bonds. The molecule has 130 valence electrons. The normalized spacial score (nSPS) is 16.8. The largest absolute Gasteiger partial charge is 0.444 e. The summed E-state index contributed by atoms with van der Waals surface area (Å²) in [4.78, 5) is 9.04. The monoisotopic (exact) mass is 339 g/mol. The van der Waals surface area contributed by atoms with E-state index >= 15 is 0 Å². The highest BCUT2D eigenvalue weighted by Gasteiger charge is 2.33. The first-order valence-corrected chi connectivity index (χ1v) is 8.51. The lowest BCUT2D eigenvalue weighted by Gasteiger charge is -2.36. The summed E-state index contributed by atoms with van der Waals surface area (Å²) in [5.74, 6) is 1.33. The number of ether oxygens (including phenoxy) is 1. The van der Waals surface area contributed by atoms with E-state index in [1.165, 1.54) is 0 Å². The van der Waals surface area contributed by atoms with Crippen molar-refractivity contribution in [2.75, 3.05) is 19.8 Å². The molecule has 0 spiro atoms. The van der Waals surface area contributed by atoms with Gasteiger partial charge >= 0.3 is 0 Å². The Bertz CT molecular complexity index is 819. The van der Waals surface area contributed by atoms with Gasteiger partial charge in [-0.15, -0.1) is 0 Å². The summed E-state index contributed by atoms with van der Waals surface area (Å²) in [6, 6.07) is 9.80. The summed E-state index contributed by atoms with van der Waals surface area (Å²) in [6.07, 6.45) is 7.01. The van der Waals surface area contributed by atoms with Crippen LogP contribution in [0.15, 0.2) is 53.4 Å². The van der Waals surface area contributed by atoms with Crippen LogP contribution in [0.3, 0.4) is 0 Å². The molecule has 4 rings (SSSR count). The Kier molecular flexibility index (Phi) is 4.38. The van der Waals surface area contributed by atoms with Gasteiger partial charge in [-0.05, 0) is 25.0 Å². The van der Waals surface area contributed by atoms with Crippen LogP contribution >= 0.6 is 0 Å². The minimum Gasteiger partial charge on any atom is -0.444 e. The molecule has 0 bridgehead atoms. The van der Waals surface area contributed by atoms with E-state index in [-0.39, 0.29) is 12.0 Å². The molecule has 1 aromatic carbocycles. The van der Waals surface area contributed by atoms with Gasteiger partial charge in [0.25, 0.3) is 0 Å². The minimum atomic E-state index is -0.167. The van der Waals surface area contributed by atoms with E-state index in [1.54, 1.807) is 12.5 Å². The van der Waals surface area contributed by atoms with Crippen molar-refractivity contribution in [2.24, 2.45) is 5.41 Å². The van der Waals surface area contributed by atoms with E-state index in [0.29, 0.717) is 31.3 Å². The first-order chi connectivity index (χ1) is 12.3. The first-order valence-electron chi connectivity index (χ1n) is 8.51. The van der Waals surface area contributed by atoms with Crippen LogP contribution in [0.5, 0.6) is 0 Å². The summed E-state index contributed by atoms with van der Waals surface area (Å²) >= 11 is 0. The lowest BCUT2D eigenvalue weighted by atomic mass is 9.81. The smallest absolute Gasteiger partial charge is 0.226 e. The summed E-state index contributed by atoms with van der Waals surface area (Å²) in [7, 11) is 0. The molecule has 0 aliphatic carbocycles. The summed E-state index contributed by atoms with van der Waals surface area (Å²) in [6.45, 7) is 2.21. The predicted octanol–water partition coefficient (Wildman–Crippen LogP) is 2.99. The molecule has 2 aromatic heterocycles. The van der Waals surface area contributed by atoms with Gasteiger partial charge in [-0.1, -0.05) is 18.2 Å². The van der Waals surface area contributed by atoms with Gasteiger partial charge in [0.05, 0.1) is 6.61 Å². The standard InChI is InChI=1S/C19H21N3O3/c23-14-19(6-10-24-11-7-19)13-22-9-8-20-17(22)16-12-25-18(21-16)15-4-2-1-3-5-15/h1-5,8-9,12,23H,6-7,10-11,13-14H2. The second-order valence-corrected chi connectivity index (χ2v) is 6.55. The number of aliphatic hydroxyl groups excluding tert-OH is 1. The number of rotatable bonds is 5. The van der Waals surface area contributed by atoms with Crippen molar-refractivity contribution in [3.63, 3.8) is 0 Å². The Labute approximate surface area is 146 Å². The van der Waals surface area contributed by atoms with E-state index in [1.807, 2.05) is 41.1 Å². The van der Waals surface area contributed by atoms with Gasteiger partial charge in [-0.3, -0.25) is 0 Å². The molecule has 1 aliphatic rings. The quantitative estimate of drug-likeness (QED) is 0.773. The molecule has 25 heavy (non-hydrogen) atoms. The zero-order chi connectivity index (χ0) is 17.1. The van der Waals surface area contributed by atoms with Gasteiger partial charge in [0.2, 0.25) is 5.89 Å². The van der Waals surface area contributed by atoms with E-state index in [9.17, 15) is 5.11 Å². The van der Waals surface area contributed by atoms with Crippen LogP contribution < -0.4 is 0 Å². The highest BCUT2D eigenvalue weighted by Crippen LogP contribution is 2.33. The Hall–Kier alpha value is -2.44. The first kappa shape index (κ1) is 16.1. The number of oxazole rings is 1. The van der Waals surface area contributed by atoms with Crippen molar-refractivity contribution >= 4 is 0 Å². The summed E-state index contributed by atoms with van der Waals surface area (Å²) in [5, 5.41) is 9.93. The van der Waals surface area contributed by atoms with Gasteiger partial charge < -0.3 is 18.8 Å². The van der Waals surface area contributed by atoms with Crippen LogP contribution in [0.1, 0.15) is 12.8 Å². The third-order valence-corrected chi connectivity index (χ3v) is 4.86. The van der Waals surface area contributed by atoms with E-state index in [0.717, 1.165) is 24.2 Å². The van der Waals surface area contributed by atoms with Crippen molar-refractivity contribution in [1.29, 1.82) is 0 Å². The summed E-state index contributed by atoms with van der Waals surface area (Å²) < 4.78 is 13.1. The lowest BCUT2D eigenvalue weighted by molar-refractivity contribution is -0.0250. The van der Waals surface area contributed by atoms with Crippen LogP contribution in [0.2, 0.25) is 0 Å². The van der Waals surface area contributed by atoms with E-state index < -0.39 is 0 Å². The van der Waals surface area contributed by atoms with Crippen molar-refractivity contribution in [2.45, 2.75) is 19.4 Å². The molecular formula is C19H21N3O3. The average Bonchev–Trinajstić information content (AvgIpc) is 3.32. The maximum atomic E-state index is 9.93. The number of nitrogens with zero attached hydrogens (tertiary/aromatic N) is 3. The number of aliphatic hydroxyl groups is 1. The van der Waals surface area contributed by atoms with Gasteiger partial charge in [-0.25, -0.2) is 9.97 Å². The third-order valence-electron chi connectivity index (χ3n) is 4.86. The average molecular weight is 339 g/mol. The number of aromatic nitrogens is 3. The number of hydrogen-bond acceptors (Lipinski definition) is 5. The second-order valence-electron chi connectivity index (χ2n) is 6.55. The van der Waals surface area contributed by atoms with Crippen molar-refractivity contribution in [3.8, 4) is 23.0 Å². The fourth-order valence-corrected chi connectivity index (χ4v) is 3.29. The molecular weight excluding hydrogens is 318 g/mol. The Morgan fingerprint density at radius 2 is 1.96 bits per heavy atom. The molecule has 6 heteroatoms. The Morgan fingerprint density at radius 1 is 1.16 bits per heavy atom. The van der Waals surface area contributed by atoms with Crippen LogP contribution in [-0.4, -0.2) is 39.5 Å². The SMILES string of the molecule is OCC1(Cn2ccnc2-c2coc(-c3ccccc3)n2)CCOCC1. The van der Waals surface area contributed by atoms with Crippen LogP contribution in [0, 0.1) is 5.41 Å². The van der Waals surface area contributed by atoms with Crippen LogP contribution in [0.25, 0.3) is 23.0 Å². The fraction of sp³-hybridized carbons (Fsp3) is 0.368. The molecule has 0 radical (unpaired) electrons. The van der Waals surface area contributed by atoms with E-state index in [4.69, 9.17) is 9.15 Å². The molecule has 0 unspecified atom stereocenters. The Morgan fingerprint density at radius 3 is 2.72 bits per heavy atom. The maximum Gasteiger partial charge on any atom is 0.226 e. The highest BCUT2D eigenvalue weighted by molar-refractivity contribution is 5.58. The number of hydrogen-bond donors (Lipinski definition) is 1. The molecule has 1 aliphatic heterocycles. The van der Waals surface area contributed by atoms with Crippen LogP contribution in [0.4, 0.5) is 0 Å². The zero-order valence-corrected chi connectivity index (χ0v) is 14.0. The second kappa shape index (κ2) is 6.82. The predicted molar refractivity (Wildman–Crippen MR) is 92.7 cm³/mol. The van der Waals surface area contributed by atoms with Gasteiger partial charge in [-0.2, -0.15) is 0 Å². The van der Waals surface area contributed by atoms with E-state index in [2.05, 4.69) is 9.97 Å². The molecule has 1 N–H and O–H groups in total. The zero-order valence-electron chi connectivity index (χ0n) is 14.0. The van der Waals surface area contributed by atoms with Crippen LogP contribution in [-0.2, 0) is 11.3 Å². The van der Waals surface area contributed by atoms with Crippen molar-refractivity contribution in [1.82, 2.24) is 14.5 Å². The lowest BCUT2D eigenvalue weighted by Crippen LogP contribution is -2.37. The van der Waals surface area contributed by atoms with Gasteiger partial charge in [0, 0.05) is 43.1 Å². The molecule has 1 fully saturated rings. The molecule has 0 atom stereocenters. The topological polar surface area (TPSA) is 73.3 Å². The number of imidazole rings is 1. The van der Waals surface area contributed by atoms with Crippen molar-refractivity contribution < 1.29 is 14.3 Å². The molecule has 3 heterocycles. The van der Waals surface area contributed by atoms with Crippen molar-refractivity contribution in [3.05, 3.63) is 49.0 Å². The molecule has 0 saturated carbocycles.